The molecule has 1 N–H and O–H groups in total. The number of rotatable bonds is 8. The Morgan fingerprint density at radius 1 is 1.32 bits per heavy atom. The number of carbonyl (C=O) groups is 1. The van der Waals surface area contributed by atoms with E-state index in [1.54, 1.807) is 6.20 Å². The highest BCUT2D eigenvalue weighted by atomic mass is 16.2. The van der Waals surface area contributed by atoms with Gasteiger partial charge in [0.05, 0.1) is 19.6 Å². The van der Waals surface area contributed by atoms with Crippen LogP contribution in [0.2, 0.25) is 0 Å². The Balaban J connectivity index is 2.58. The minimum atomic E-state index is 0.116. The third-order valence-corrected chi connectivity index (χ3v) is 3.33. The molecule has 22 heavy (non-hydrogen) atoms. The average molecular weight is 308 g/mol. The predicted molar refractivity (Wildman–Crippen MR) is 88.8 cm³/mol. The van der Waals surface area contributed by atoms with Crippen LogP contribution in [-0.4, -0.2) is 71.2 Å². The fourth-order valence-corrected chi connectivity index (χ4v) is 2.11. The van der Waals surface area contributed by atoms with Crippen LogP contribution < -0.4 is 5.32 Å². The molecule has 7 nitrogen and oxygen atoms in total. The highest BCUT2D eigenvalue weighted by molar-refractivity contribution is 5.86. The number of amides is 1. The Morgan fingerprint density at radius 2 is 2.05 bits per heavy atom. The number of hydrogen-bond donors (Lipinski definition) is 1. The molecule has 0 atom stereocenters. The van der Waals surface area contributed by atoms with Crippen molar-refractivity contribution in [3.05, 3.63) is 18.5 Å². The molecule has 0 aliphatic rings. The summed E-state index contributed by atoms with van der Waals surface area (Å²) in [6.45, 7) is 9.90. The molecule has 0 saturated heterocycles. The third-order valence-electron chi connectivity index (χ3n) is 3.33. The molecule has 0 spiro atoms. The van der Waals surface area contributed by atoms with Crippen molar-refractivity contribution in [2.75, 3.05) is 39.8 Å². The summed E-state index contributed by atoms with van der Waals surface area (Å²) in [6.07, 6.45) is 3.67. The lowest BCUT2D eigenvalue weighted by Crippen LogP contribution is -2.45. The fraction of sp³-hybridized carbons (Fsp3) is 0.667. The molecular formula is C15H28N6O. The van der Waals surface area contributed by atoms with Gasteiger partial charge in [-0.1, -0.05) is 0 Å². The second-order valence-corrected chi connectivity index (χ2v) is 4.93. The van der Waals surface area contributed by atoms with Crippen LogP contribution in [0.5, 0.6) is 0 Å². The maximum absolute atomic E-state index is 12.2. The number of nitrogens with one attached hydrogen (secondary N) is 1. The molecule has 1 amide bonds. The lowest BCUT2D eigenvalue weighted by Gasteiger charge is -2.25. The van der Waals surface area contributed by atoms with Gasteiger partial charge < -0.3 is 15.1 Å². The van der Waals surface area contributed by atoms with Crippen molar-refractivity contribution >= 4 is 11.9 Å². The number of nitrogens with zero attached hydrogens (tertiary/aromatic N) is 5. The molecule has 7 heteroatoms. The van der Waals surface area contributed by atoms with Crippen molar-refractivity contribution in [2.24, 2.45) is 4.99 Å². The Kier molecular flexibility index (Phi) is 8.03. The van der Waals surface area contributed by atoms with E-state index in [9.17, 15) is 4.79 Å². The van der Waals surface area contributed by atoms with E-state index in [2.05, 4.69) is 15.4 Å². The first-order chi connectivity index (χ1) is 10.6. The first-order valence-electron chi connectivity index (χ1n) is 7.86. The maximum Gasteiger partial charge on any atom is 0.242 e. The van der Waals surface area contributed by atoms with E-state index >= 15 is 0 Å². The molecule has 0 aromatic carbocycles. The van der Waals surface area contributed by atoms with Gasteiger partial charge in [0.15, 0.2) is 5.96 Å². The van der Waals surface area contributed by atoms with Gasteiger partial charge in [0.25, 0.3) is 0 Å². The minimum absolute atomic E-state index is 0.116. The Bertz CT molecular complexity index is 453. The third kappa shape index (κ3) is 5.75. The summed E-state index contributed by atoms with van der Waals surface area (Å²) >= 11 is 0. The zero-order valence-electron chi connectivity index (χ0n) is 14.1. The molecule has 0 fully saturated rings. The fourth-order valence-electron chi connectivity index (χ4n) is 2.11. The maximum atomic E-state index is 12.2. The van der Waals surface area contributed by atoms with Gasteiger partial charge in [-0.05, 0) is 26.8 Å². The van der Waals surface area contributed by atoms with Crippen LogP contribution in [0.25, 0.3) is 0 Å². The van der Waals surface area contributed by atoms with Gasteiger partial charge in [-0.2, -0.15) is 5.10 Å². The van der Waals surface area contributed by atoms with E-state index in [4.69, 9.17) is 0 Å². The standard InChI is InChI=1S/C15H28N6O/c1-5-16-15(17-10-12-21-11-8-9-18-21)19(4)13-14(22)20(6-2)7-3/h8-9,11H,5-7,10,12-13H2,1-4H3,(H,16,17). The topological polar surface area (TPSA) is 65.8 Å². The number of aliphatic imine (C=N–C) groups is 1. The molecule has 0 aliphatic heterocycles. The van der Waals surface area contributed by atoms with Gasteiger partial charge in [-0.25, -0.2) is 0 Å². The van der Waals surface area contributed by atoms with Crippen molar-refractivity contribution in [3.63, 3.8) is 0 Å². The molecule has 1 heterocycles. The van der Waals surface area contributed by atoms with Gasteiger partial charge >= 0.3 is 0 Å². The zero-order valence-corrected chi connectivity index (χ0v) is 14.1. The zero-order chi connectivity index (χ0) is 16.4. The number of hydrogen-bond acceptors (Lipinski definition) is 3. The van der Waals surface area contributed by atoms with Crippen LogP contribution in [0.1, 0.15) is 20.8 Å². The summed E-state index contributed by atoms with van der Waals surface area (Å²) in [5, 5.41) is 7.37. The monoisotopic (exact) mass is 308 g/mol. The summed E-state index contributed by atoms with van der Waals surface area (Å²) in [4.78, 5) is 20.4. The van der Waals surface area contributed by atoms with E-state index in [-0.39, 0.29) is 5.91 Å². The van der Waals surface area contributed by atoms with Crippen LogP contribution >= 0.6 is 0 Å². The Hall–Kier alpha value is -2.05. The average Bonchev–Trinajstić information content (AvgIpc) is 3.00. The van der Waals surface area contributed by atoms with Gasteiger partial charge in [-0.3, -0.25) is 14.5 Å². The molecule has 124 valence electrons. The second-order valence-electron chi connectivity index (χ2n) is 4.93. The van der Waals surface area contributed by atoms with Crippen molar-refractivity contribution in [3.8, 4) is 0 Å². The second kappa shape index (κ2) is 9.81. The molecule has 1 aromatic rings. The predicted octanol–water partition coefficient (Wildman–Crippen LogP) is 0.649. The smallest absolute Gasteiger partial charge is 0.242 e. The lowest BCUT2D eigenvalue weighted by molar-refractivity contribution is -0.131. The van der Waals surface area contributed by atoms with Crippen molar-refractivity contribution < 1.29 is 4.79 Å². The first kappa shape index (κ1) is 18.0. The number of guanidine groups is 1. The van der Waals surface area contributed by atoms with Crippen molar-refractivity contribution in [1.82, 2.24) is 24.9 Å². The molecule has 0 bridgehead atoms. The summed E-state index contributed by atoms with van der Waals surface area (Å²) in [5.74, 6) is 0.861. The van der Waals surface area contributed by atoms with Crippen LogP contribution in [0.4, 0.5) is 0 Å². The molecule has 0 unspecified atom stereocenters. The van der Waals surface area contributed by atoms with E-state index in [0.29, 0.717) is 13.1 Å². The normalized spacial score (nSPS) is 11.4. The first-order valence-corrected chi connectivity index (χ1v) is 7.86. The molecule has 0 saturated carbocycles. The van der Waals surface area contributed by atoms with Gasteiger partial charge in [0.1, 0.15) is 0 Å². The highest BCUT2D eigenvalue weighted by Gasteiger charge is 2.14. The molecule has 0 aliphatic carbocycles. The lowest BCUT2D eigenvalue weighted by atomic mass is 10.4. The van der Waals surface area contributed by atoms with Gasteiger partial charge in [0, 0.05) is 39.1 Å². The highest BCUT2D eigenvalue weighted by Crippen LogP contribution is 1.94. The van der Waals surface area contributed by atoms with Crippen molar-refractivity contribution in [1.29, 1.82) is 0 Å². The van der Waals surface area contributed by atoms with E-state index in [1.807, 2.05) is 54.6 Å². The molecule has 1 rings (SSSR count). The van der Waals surface area contributed by atoms with E-state index < -0.39 is 0 Å². The largest absolute Gasteiger partial charge is 0.357 e. The molecule has 0 radical (unpaired) electrons. The van der Waals surface area contributed by atoms with Gasteiger partial charge in [-0.15, -0.1) is 0 Å². The molecular weight excluding hydrogens is 280 g/mol. The van der Waals surface area contributed by atoms with E-state index in [1.165, 1.54) is 0 Å². The van der Waals surface area contributed by atoms with Crippen LogP contribution in [0.3, 0.4) is 0 Å². The minimum Gasteiger partial charge on any atom is -0.357 e. The summed E-state index contributed by atoms with van der Waals surface area (Å²) < 4.78 is 1.84. The van der Waals surface area contributed by atoms with Crippen LogP contribution in [0, 0.1) is 0 Å². The van der Waals surface area contributed by atoms with Crippen LogP contribution in [-0.2, 0) is 11.3 Å². The number of carbonyl (C=O) groups excluding carboxylic acids is 1. The van der Waals surface area contributed by atoms with Gasteiger partial charge in [0.2, 0.25) is 5.91 Å². The summed E-state index contributed by atoms with van der Waals surface area (Å²) in [5.41, 5.74) is 0. The number of aromatic nitrogens is 2. The Labute approximate surface area is 133 Å². The summed E-state index contributed by atoms with van der Waals surface area (Å²) in [6, 6.07) is 1.89. The SMILES string of the molecule is CCNC(=NCCn1cccn1)N(C)CC(=O)N(CC)CC. The van der Waals surface area contributed by atoms with E-state index in [0.717, 1.165) is 32.1 Å². The Morgan fingerprint density at radius 3 is 2.59 bits per heavy atom. The quantitative estimate of drug-likeness (QED) is 0.566. The summed E-state index contributed by atoms with van der Waals surface area (Å²) in [7, 11) is 1.89. The van der Waals surface area contributed by atoms with Crippen LogP contribution in [0.15, 0.2) is 23.5 Å². The van der Waals surface area contributed by atoms with Crippen molar-refractivity contribution in [2.45, 2.75) is 27.3 Å². The number of likely N-dealkylation sites (N-methyl/N-ethyl adjacent to an activating group) is 2. The molecule has 1 aromatic heterocycles.